The number of hydrogen-bond donors (Lipinski definition) is 1. The summed E-state index contributed by atoms with van der Waals surface area (Å²) in [5.74, 6) is -0.0867. The lowest BCUT2D eigenvalue weighted by molar-refractivity contribution is -0.0549. The van der Waals surface area contributed by atoms with E-state index < -0.39 is 0 Å². The van der Waals surface area contributed by atoms with Crippen molar-refractivity contribution in [3.8, 4) is 0 Å². The van der Waals surface area contributed by atoms with E-state index in [4.69, 9.17) is 4.74 Å². The summed E-state index contributed by atoms with van der Waals surface area (Å²) in [6, 6.07) is 11.0. The fraction of sp³-hybridized carbons (Fsp3) is 0.538. The third-order valence-corrected chi connectivity index (χ3v) is 6.82. The van der Waals surface area contributed by atoms with E-state index in [0.29, 0.717) is 29.9 Å². The molecule has 0 spiro atoms. The van der Waals surface area contributed by atoms with Gasteiger partial charge in [-0.1, -0.05) is 37.5 Å². The Morgan fingerprint density at radius 3 is 2.31 bits per heavy atom. The minimum absolute atomic E-state index is 0.102. The maximum atomic E-state index is 13.1. The van der Waals surface area contributed by atoms with Crippen LogP contribution in [0.4, 0.5) is 0 Å². The van der Waals surface area contributed by atoms with Gasteiger partial charge in [0.1, 0.15) is 0 Å². The summed E-state index contributed by atoms with van der Waals surface area (Å²) in [7, 11) is 0. The van der Waals surface area contributed by atoms with E-state index in [-0.39, 0.29) is 11.7 Å². The monoisotopic (exact) mass is 437 g/mol. The van der Waals surface area contributed by atoms with Gasteiger partial charge in [0.05, 0.1) is 18.8 Å². The summed E-state index contributed by atoms with van der Waals surface area (Å²) in [6.45, 7) is 5.99. The minimum Gasteiger partial charge on any atom is -0.375 e. The molecule has 172 valence electrons. The molecule has 1 aromatic heterocycles. The predicted octanol–water partition coefficient (Wildman–Crippen LogP) is 4.49. The summed E-state index contributed by atoms with van der Waals surface area (Å²) in [5.41, 5.74) is 5.79. The maximum Gasteiger partial charge on any atom is 0.270 e. The van der Waals surface area contributed by atoms with E-state index in [1.54, 1.807) is 16.8 Å². The molecule has 0 bridgehead atoms. The third kappa shape index (κ3) is 5.48. The Balaban J connectivity index is 1.31. The van der Waals surface area contributed by atoms with Gasteiger partial charge in [-0.05, 0) is 57.7 Å². The first kappa shape index (κ1) is 22.7. The lowest BCUT2D eigenvalue weighted by Crippen LogP contribution is -2.41. The second-order valence-electron chi connectivity index (χ2n) is 9.22. The van der Waals surface area contributed by atoms with Crippen molar-refractivity contribution >= 4 is 11.7 Å². The highest BCUT2D eigenvalue weighted by Gasteiger charge is 2.26. The summed E-state index contributed by atoms with van der Waals surface area (Å²) < 4.78 is 8.04. The number of nitrogens with zero attached hydrogens (tertiary/aromatic N) is 2. The molecule has 1 amide bonds. The van der Waals surface area contributed by atoms with E-state index in [9.17, 15) is 9.59 Å². The van der Waals surface area contributed by atoms with Crippen LogP contribution in [-0.2, 0) is 4.74 Å². The van der Waals surface area contributed by atoms with Crippen molar-refractivity contribution in [1.29, 1.82) is 0 Å². The van der Waals surface area contributed by atoms with Crippen LogP contribution in [-0.4, -0.2) is 53.1 Å². The molecule has 2 aromatic rings. The van der Waals surface area contributed by atoms with Gasteiger partial charge in [0.15, 0.2) is 5.78 Å². The molecule has 6 nitrogen and oxygen atoms in total. The Morgan fingerprint density at radius 1 is 0.969 bits per heavy atom. The Hall–Kier alpha value is -2.44. The highest BCUT2D eigenvalue weighted by atomic mass is 16.5. The van der Waals surface area contributed by atoms with Gasteiger partial charge in [-0.15, -0.1) is 0 Å². The van der Waals surface area contributed by atoms with E-state index >= 15 is 0 Å². The van der Waals surface area contributed by atoms with Crippen molar-refractivity contribution in [3.63, 3.8) is 0 Å². The molecule has 2 aliphatic rings. The van der Waals surface area contributed by atoms with Crippen LogP contribution in [0, 0.1) is 13.8 Å². The number of benzene rings is 1. The van der Waals surface area contributed by atoms with Crippen molar-refractivity contribution in [3.05, 3.63) is 58.9 Å². The first-order valence-corrected chi connectivity index (χ1v) is 12.0. The number of rotatable bonds is 7. The molecular weight excluding hydrogens is 402 g/mol. The number of hydrogen-bond acceptors (Lipinski definition) is 4. The largest absolute Gasteiger partial charge is 0.375 e. The number of ether oxygens (including phenoxy) is 1. The van der Waals surface area contributed by atoms with Gasteiger partial charge in [0.25, 0.3) is 5.91 Å². The number of amides is 1. The summed E-state index contributed by atoms with van der Waals surface area (Å²) >= 11 is 0. The van der Waals surface area contributed by atoms with Crippen molar-refractivity contribution in [2.75, 3.05) is 25.1 Å². The summed E-state index contributed by atoms with van der Waals surface area (Å²) in [6.07, 6.45) is 9.11. The van der Waals surface area contributed by atoms with E-state index in [1.807, 2.05) is 38.1 Å². The van der Waals surface area contributed by atoms with Crippen LogP contribution < -0.4 is 5.43 Å². The van der Waals surface area contributed by atoms with Crippen LogP contribution in [0.2, 0.25) is 0 Å². The van der Waals surface area contributed by atoms with Gasteiger partial charge >= 0.3 is 0 Å². The summed E-state index contributed by atoms with van der Waals surface area (Å²) in [4.78, 5) is 27.8. The van der Waals surface area contributed by atoms with Gasteiger partial charge in [-0.25, -0.2) is 0 Å². The normalized spacial score (nSPS) is 18.6. The second kappa shape index (κ2) is 10.5. The smallest absolute Gasteiger partial charge is 0.270 e. The molecule has 1 saturated heterocycles. The lowest BCUT2D eigenvalue weighted by atomic mass is 9.97. The van der Waals surface area contributed by atoms with Crippen molar-refractivity contribution in [2.24, 2.45) is 0 Å². The number of carbonyl (C=O) groups excluding carboxylic acids is 2. The first-order chi connectivity index (χ1) is 15.5. The zero-order valence-electron chi connectivity index (χ0n) is 19.3. The lowest BCUT2D eigenvalue weighted by Gasteiger charge is -2.34. The number of aryl methyl sites for hydroxylation is 1. The highest BCUT2D eigenvalue weighted by molar-refractivity contribution is 6.01. The van der Waals surface area contributed by atoms with Crippen molar-refractivity contribution < 1.29 is 14.3 Å². The fourth-order valence-electron chi connectivity index (χ4n) is 4.94. The predicted molar refractivity (Wildman–Crippen MR) is 126 cm³/mol. The molecule has 0 atom stereocenters. The van der Waals surface area contributed by atoms with E-state index in [1.165, 1.54) is 32.1 Å². The zero-order valence-corrected chi connectivity index (χ0v) is 19.3. The molecule has 1 aliphatic carbocycles. The molecule has 0 unspecified atom stereocenters. The Kier molecular flexibility index (Phi) is 7.43. The molecule has 1 aliphatic heterocycles. The Bertz CT molecular complexity index is 923. The van der Waals surface area contributed by atoms with Crippen molar-refractivity contribution in [2.45, 2.75) is 71.0 Å². The third-order valence-electron chi connectivity index (χ3n) is 6.82. The van der Waals surface area contributed by atoms with Crippen LogP contribution in [0.25, 0.3) is 0 Å². The number of aromatic nitrogens is 1. The topological polar surface area (TPSA) is 63.6 Å². The van der Waals surface area contributed by atoms with Crippen molar-refractivity contribution in [1.82, 2.24) is 9.58 Å². The number of Topliss-reactive ketones (excluding diaryl/α,β-unsaturated/α-hetero) is 1. The van der Waals surface area contributed by atoms with Crippen LogP contribution in [0.3, 0.4) is 0 Å². The SMILES string of the molecule is Cc1cc(C(=O)CN2CCC(OC3CCCCC3)CC2)c(C)n1NC(=O)c1ccccc1. The highest BCUT2D eigenvalue weighted by Crippen LogP contribution is 2.25. The second-order valence-corrected chi connectivity index (χ2v) is 9.22. The van der Waals surface area contributed by atoms with Gasteiger partial charge in [0, 0.05) is 35.6 Å². The Morgan fingerprint density at radius 2 is 1.62 bits per heavy atom. The number of likely N-dealkylation sites (tertiary alicyclic amines) is 1. The van der Waals surface area contributed by atoms with Gasteiger partial charge in [0.2, 0.25) is 0 Å². The summed E-state index contributed by atoms with van der Waals surface area (Å²) in [5, 5.41) is 0. The standard InChI is InChI=1S/C26H35N3O3/c1-19-17-24(20(2)29(19)27-26(31)21-9-5-3-6-10-21)25(30)18-28-15-13-23(14-16-28)32-22-11-7-4-8-12-22/h3,5-6,9-10,17,22-23H,4,7-8,11-16,18H2,1-2H3,(H,27,31). The molecule has 32 heavy (non-hydrogen) atoms. The molecule has 0 radical (unpaired) electrons. The molecule has 1 aromatic carbocycles. The first-order valence-electron chi connectivity index (χ1n) is 12.0. The quantitative estimate of drug-likeness (QED) is 0.649. The molecule has 2 heterocycles. The van der Waals surface area contributed by atoms with Crippen LogP contribution in [0.5, 0.6) is 0 Å². The average Bonchev–Trinajstić information content (AvgIpc) is 3.10. The molecule has 6 heteroatoms. The minimum atomic E-state index is -0.188. The average molecular weight is 438 g/mol. The number of ketones is 1. The molecular formula is C26H35N3O3. The number of carbonyl (C=O) groups is 2. The van der Waals surface area contributed by atoms with Gasteiger partial charge in [-0.3, -0.25) is 24.6 Å². The van der Waals surface area contributed by atoms with E-state index in [0.717, 1.165) is 37.3 Å². The molecule has 2 fully saturated rings. The van der Waals surface area contributed by atoms with Gasteiger partial charge < -0.3 is 4.74 Å². The van der Waals surface area contributed by atoms with E-state index in [2.05, 4.69) is 10.3 Å². The Labute approximate surface area is 190 Å². The van der Waals surface area contributed by atoms with Crippen LogP contribution in [0.1, 0.15) is 77.0 Å². The molecule has 1 N–H and O–H groups in total. The number of nitrogens with one attached hydrogen (secondary N) is 1. The zero-order chi connectivity index (χ0) is 22.5. The fourth-order valence-corrected chi connectivity index (χ4v) is 4.94. The van der Waals surface area contributed by atoms with Gasteiger partial charge in [-0.2, -0.15) is 0 Å². The molecule has 4 rings (SSSR count). The number of piperidine rings is 1. The van der Waals surface area contributed by atoms with Crippen LogP contribution in [0.15, 0.2) is 36.4 Å². The van der Waals surface area contributed by atoms with Crippen LogP contribution >= 0.6 is 0 Å². The maximum absolute atomic E-state index is 13.1. The molecule has 1 saturated carbocycles.